The minimum Gasteiger partial charge on any atom is -0.474 e. The quantitative estimate of drug-likeness (QED) is 0.503. The lowest BCUT2D eigenvalue weighted by Crippen LogP contribution is -2.44. The maximum absolute atomic E-state index is 13.1. The lowest BCUT2D eigenvalue weighted by atomic mass is 10.0. The normalized spacial score (nSPS) is 17.3. The fourth-order valence-electron chi connectivity index (χ4n) is 4.58. The third-order valence-corrected chi connectivity index (χ3v) is 6.83. The summed E-state index contributed by atoms with van der Waals surface area (Å²) in [5, 5.41) is 5.82. The highest BCUT2D eigenvalue weighted by Crippen LogP contribution is 2.24. The van der Waals surface area contributed by atoms with Gasteiger partial charge in [0.2, 0.25) is 11.8 Å². The van der Waals surface area contributed by atoms with E-state index >= 15 is 0 Å². The third kappa shape index (κ3) is 7.26. The first kappa shape index (κ1) is 26.5. The van der Waals surface area contributed by atoms with Crippen molar-refractivity contribution in [2.24, 2.45) is 4.99 Å². The standard InChI is InChI=1S/C29H37N5O3/c1-4-5-11-24(33-29(36)27-20(2)18-25(32-27)21-9-7-6-8-10-21)28(35)31-22-12-13-26(30-19-22)37-23-14-16-34(3)17-15-23/h6-10,12-13,19,23-24H,4-5,11,14-18H2,1-3H3,(H,31,35)(H,33,36). The summed E-state index contributed by atoms with van der Waals surface area (Å²) in [4.78, 5) is 37.5. The second kappa shape index (κ2) is 12.6. The van der Waals surface area contributed by atoms with Gasteiger partial charge in [-0.2, -0.15) is 0 Å². The number of rotatable bonds is 10. The zero-order valence-electron chi connectivity index (χ0n) is 22.0. The molecule has 1 saturated heterocycles. The van der Waals surface area contributed by atoms with Gasteiger partial charge in [-0.15, -0.1) is 0 Å². The van der Waals surface area contributed by atoms with E-state index in [1.54, 1.807) is 18.3 Å². The van der Waals surface area contributed by atoms with E-state index in [4.69, 9.17) is 4.74 Å². The van der Waals surface area contributed by atoms with E-state index in [2.05, 4.69) is 39.5 Å². The Bertz CT molecular complexity index is 1140. The first-order chi connectivity index (χ1) is 17.9. The van der Waals surface area contributed by atoms with Crippen LogP contribution in [0.3, 0.4) is 0 Å². The van der Waals surface area contributed by atoms with Gasteiger partial charge in [0.1, 0.15) is 17.8 Å². The largest absolute Gasteiger partial charge is 0.474 e. The second-order valence-corrected chi connectivity index (χ2v) is 9.89. The van der Waals surface area contributed by atoms with Gasteiger partial charge in [0.05, 0.1) is 17.6 Å². The van der Waals surface area contributed by atoms with E-state index < -0.39 is 6.04 Å². The van der Waals surface area contributed by atoms with Crippen molar-refractivity contribution in [1.82, 2.24) is 15.2 Å². The molecule has 0 saturated carbocycles. The number of anilines is 1. The predicted octanol–water partition coefficient (Wildman–Crippen LogP) is 4.34. The van der Waals surface area contributed by atoms with Crippen LogP contribution in [0.4, 0.5) is 5.69 Å². The predicted molar refractivity (Wildman–Crippen MR) is 146 cm³/mol. The number of aliphatic imine (C=N–C) groups is 1. The number of unbranched alkanes of at least 4 members (excludes halogenated alkanes) is 1. The summed E-state index contributed by atoms with van der Waals surface area (Å²) < 4.78 is 6.00. The minimum absolute atomic E-state index is 0.163. The number of aromatic nitrogens is 1. The Balaban J connectivity index is 1.36. The smallest absolute Gasteiger partial charge is 0.270 e. The van der Waals surface area contributed by atoms with Crippen LogP contribution in [-0.2, 0) is 9.59 Å². The van der Waals surface area contributed by atoms with E-state index in [1.807, 2.05) is 37.3 Å². The molecule has 0 spiro atoms. The molecule has 1 fully saturated rings. The van der Waals surface area contributed by atoms with Crippen LogP contribution in [0.25, 0.3) is 0 Å². The third-order valence-electron chi connectivity index (χ3n) is 6.83. The zero-order chi connectivity index (χ0) is 26.2. The van der Waals surface area contributed by atoms with E-state index in [1.165, 1.54) is 0 Å². The molecule has 1 aromatic heterocycles. The maximum atomic E-state index is 13.1. The molecule has 2 aliphatic heterocycles. The molecule has 2 aromatic rings. The molecule has 37 heavy (non-hydrogen) atoms. The summed E-state index contributed by atoms with van der Waals surface area (Å²) in [5.74, 6) is -0.0325. The van der Waals surface area contributed by atoms with Gasteiger partial charge in [0.25, 0.3) is 5.91 Å². The SMILES string of the molecule is CCCCC(NC(=O)C1=C(C)CC(c2ccccc2)=N1)C(=O)Nc1ccc(OC2CCN(C)CC2)nc1. The van der Waals surface area contributed by atoms with E-state index in [0.29, 0.717) is 30.1 Å². The van der Waals surface area contributed by atoms with Crippen molar-refractivity contribution in [2.45, 2.75) is 64.5 Å². The Kier molecular flexibility index (Phi) is 9.06. The van der Waals surface area contributed by atoms with Crippen molar-refractivity contribution in [3.8, 4) is 5.88 Å². The number of amides is 2. The lowest BCUT2D eigenvalue weighted by Gasteiger charge is -2.28. The molecular formula is C29H37N5O3. The van der Waals surface area contributed by atoms with Crippen LogP contribution < -0.4 is 15.4 Å². The minimum atomic E-state index is -0.668. The number of piperidine rings is 1. The summed E-state index contributed by atoms with van der Waals surface area (Å²) in [5.41, 5.74) is 3.73. The van der Waals surface area contributed by atoms with Crippen LogP contribution >= 0.6 is 0 Å². The van der Waals surface area contributed by atoms with E-state index in [9.17, 15) is 9.59 Å². The van der Waals surface area contributed by atoms with Crippen molar-refractivity contribution in [1.29, 1.82) is 0 Å². The molecule has 2 aliphatic rings. The fraction of sp³-hybridized carbons (Fsp3) is 0.448. The Hall–Kier alpha value is -3.52. The van der Waals surface area contributed by atoms with Crippen LogP contribution in [0, 0.1) is 0 Å². The molecule has 0 radical (unpaired) electrons. The Morgan fingerprint density at radius 3 is 2.57 bits per heavy atom. The highest BCUT2D eigenvalue weighted by molar-refractivity contribution is 6.10. The average Bonchev–Trinajstić information content (AvgIpc) is 3.31. The summed E-state index contributed by atoms with van der Waals surface area (Å²) in [6, 6.07) is 12.7. The van der Waals surface area contributed by atoms with E-state index in [-0.39, 0.29) is 17.9 Å². The maximum Gasteiger partial charge on any atom is 0.270 e. The lowest BCUT2D eigenvalue weighted by molar-refractivity contribution is -0.124. The van der Waals surface area contributed by atoms with Crippen LogP contribution in [0.15, 0.2) is 64.9 Å². The molecule has 1 aromatic carbocycles. The van der Waals surface area contributed by atoms with Gasteiger partial charge >= 0.3 is 0 Å². The number of allylic oxidation sites excluding steroid dienone is 1. The Morgan fingerprint density at radius 2 is 1.89 bits per heavy atom. The molecule has 1 atom stereocenters. The molecule has 0 bridgehead atoms. The fourth-order valence-corrected chi connectivity index (χ4v) is 4.58. The molecule has 3 heterocycles. The number of ether oxygens (including phenoxy) is 1. The summed E-state index contributed by atoms with van der Waals surface area (Å²) in [7, 11) is 2.11. The van der Waals surface area contributed by atoms with Crippen molar-refractivity contribution < 1.29 is 14.3 Å². The van der Waals surface area contributed by atoms with Crippen LogP contribution in [0.1, 0.15) is 57.9 Å². The number of carbonyl (C=O) groups excluding carboxylic acids is 2. The zero-order valence-corrected chi connectivity index (χ0v) is 22.0. The van der Waals surface area contributed by atoms with Gasteiger partial charge in [-0.3, -0.25) is 9.59 Å². The highest BCUT2D eigenvalue weighted by atomic mass is 16.5. The molecule has 2 amide bonds. The van der Waals surface area contributed by atoms with E-state index in [0.717, 1.165) is 55.6 Å². The van der Waals surface area contributed by atoms with Gasteiger partial charge in [-0.25, -0.2) is 9.98 Å². The molecule has 8 heteroatoms. The molecule has 2 N–H and O–H groups in total. The van der Waals surface area contributed by atoms with Gasteiger partial charge < -0.3 is 20.3 Å². The number of hydrogen-bond donors (Lipinski definition) is 2. The molecule has 4 rings (SSSR count). The number of nitrogens with zero attached hydrogens (tertiary/aromatic N) is 3. The molecular weight excluding hydrogens is 466 g/mol. The van der Waals surface area contributed by atoms with Gasteiger partial charge in [-0.1, -0.05) is 50.1 Å². The molecule has 8 nitrogen and oxygen atoms in total. The number of benzene rings is 1. The van der Waals surface area contributed by atoms with Crippen molar-refractivity contribution >= 4 is 23.2 Å². The number of carbonyl (C=O) groups is 2. The number of likely N-dealkylation sites (tertiary alicyclic amines) is 1. The van der Waals surface area contributed by atoms with Crippen LogP contribution in [-0.4, -0.2) is 59.7 Å². The highest BCUT2D eigenvalue weighted by Gasteiger charge is 2.26. The van der Waals surface area contributed by atoms with Gasteiger partial charge in [0, 0.05) is 25.6 Å². The van der Waals surface area contributed by atoms with Gasteiger partial charge in [-0.05, 0) is 50.4 Å². The molecule has 0 aliphatic carbocycles. The van der Waals surface area contributed by atoms with Gasteiger partial charge in [0.15, 0.2) is 0 Å². The molecule has 1 unspecified atom stereocenters. The van der Waals surface area contributed by atoms with Crippen LogP contribution in [0.2, 0.25) is 0 Å². The van der Waals surface area contributed by atoms with Crippen LogP contribution in [0.5, 0.6) is 5.88 Å². The second-order valence-electron chi connectivity index (χ2n) is 9.89. The summed E-state index contributed by atoms with van der Waals surface area (Å²) in [6.07, 6.45) is 6.61. The Labute approximate surface area is 219 Å². The summed E-state index contributed by atoms with van der Waals surface area (Å²) in [6.45, 7) is 6.00. The first-order valence-electron chi connectivity index (χ1n) is 13.2. The van der Waals surface area contributed by atoms with Crippen molar-refractivity contribution in [2.75, 3.05) is 25.5 Å². The number of nitrogens with one attached hydrogen (secondary N) is 2. The number of hydrogen-bond acceptors (Lipinski definition) is 6. The summed E-state index contributed by atoms with van der Waals surface area (Å²) >= 11 is 0. The molecule has 196 valence electrons. The average molecular weight is 504 g/mol. The monoisotopic (exact) mass is 503 g/mol. The first-order valence-corrected chi connectivity index (χ1v) is 13.2. The number of pyridine rings is 1. The van der Waals surface area contributed by atoms with Crippen molar-refractivity contribution in [3.05, 3.63) is 65.5 Å². The Morgan fingerprint density at radius 1 is 1.14 bits per heavy atom. The van der Waals surface area contributed by atoms with Crippen molar-refractivity contribution in [3.63, 3.8) is 0 Å². The topological polar surface area (TPSA) is 95.9 Å².